The van der Waals surface area contributed by atoms with Crippen LogP contribution in [0.2, 0.25) is 0 Å². The second kappa shape index (κ2) is 11.9. The highest BCUT2D eigenvalue weighted by Crippen LogP contribution is 2.15. The zero-order valence-electron chi connectivity index (χ0n) is 18.0. The minimum atomic E-state index is 0. The van der Waals surface area contributed by atoms with Crippen molar-refractivity contribution < 1.29 is 9.21 Å². The molecule has 0 atom stereocenters. The Kier molecular flexibility index (Phi) is 9.61. The number of guanidine groups is 1. The lowest BCUT2D eigenvalue weighted by Gasteiger charge is -2.26. The maximum Gasteiger partial charge on any atom is 0.253 e. The molecule has 164 valence electrons. The molecule has 1 saturated heterocycles. The fourth-order valence-electron chi connectivity index (χ4n) is 3.37. The van der Waals surface area contributed by atoms with E-state index in [0.29, 0.717) is 24.9 Å². The first-order chi connectivity index (χ1) is 14.1. The van der Waals surface area contributed by atoms with Crippen LogP contribution in [0.4, 0.5) is 0 Å². The highest BCUT2D eigenvalue weighted by Gasteiger charge is 2.18. The summed E-state index contributed by atoms with van der Waals surface area (Å²) in [5.74, 6) is 2.28. The molecule has 8 heteroatoms. The van der Waals surface area contributed by atoms with Crippen LogP contribution < -0.4 is 10.6 Å². The van der Waals surface area contributed by atoms with E-state index in [2.05, 4.69) is 20.6 Å². The molecule has 1 aliphatic rings. The zero-order chi connectivity index (χ0) is 20.6. The molecule has 1 aromatic carbocycles. The number of halogens is 1. The Bertz CT molecular complexity index is 839. The number of rotatable bonds is 6. The lowest BCUT2D eigenvalue weighted by molar-refractivity contribution is 0.0724. The molecule has 2 aromatic rings. The first kappa shape index (κ1) is 24.2. The molecule has 1 aliphatic heterocycles. The minimum absolute atomic E-state index is 0. The number of aryl methyl sites for hydroxylation is 2. The molecule has 1 aromatic heterocycles. The Morgan fingerprint density at radius 2 is 1.97 bits per heavy atom. The molecule has 1 amide bonds. The van der Waals surface area contributed by atoms with Crippen LogP contribution in [0.25, 0.3) is 0 Å². The average molecular weight is 525 g/mol. The number of nitrogens with zero attached hydrogens (tertiary/aromatic N) is 3. The van der Waals surface area contributed by atoms with Crippen molar-refractivity contribution in [1.29, 1.82) is 0 Å². The van der Waals surface area contributed by atoms with E-state index in [1.54, 1.807) is 0 Å². The van der Waals surface area contributed by atoms with Crippen molar-refractivity contribution in [3.05, 3.63) is 52.7 Å². The van der Waals surface area contributed by atoms with Gasteiger partial charge in [-0.1, -0.05) is 12.1 Å². The molecule has 0 bridgehead atoms. The summed E-state index contributed by atoms with van der Waals surface area (Å²) in [6, 6.07) is 7.77. The van der Waals surface area contributed by atoms with Crippen LogP contribution in [0.5, 0.6) is 0 Å². The number of carbonyl (C=O) groups excluding carboxylic acids is 1. The third-order valence-corrected chi connectivity index (χ3v) is 5.06. The van der Waals surface area contributed by atoms with Gasteiger partial charge in [-0.3, -0.25) is 4.79 Å². The largest absolute Gasteiger partial charge is 0.444 e. The third-order valence-electron chi connectivity index (χ3n) is 5.06. The minimum Gasteiger partial charge on any atom is -0.444 e. The van der Waals surface area contributed by atoms with Gasteiger partial charge >= 0.3 is 0 Å². The van der Waals surface area contributed by atoms with E-state index in [4.69, 9.17) is 4.42 Å². The highest BCUT2D eigenvalue weighted by molar-refractivity contribution is 14.0. The standard InChI is InChI=1S/C22H31N5O2.HI/c1-4-23-22(25-15-20-26-16(2)17(3)29-20)24-14-18-9-8-10-19(13-18)21(28)27-11-6-5-7-12-27;/h8-10,13H,4-7,11-12,14-15H2,1-3H3,(H2,23,24,25);1H. The summed E-state index contributed by atoms with van der Waals surface area (Å²) in [6.45, 7) is 9.28. The van der Waals surface area contributed by atoms with E-state index < -0.39 is 0 Å². The number of aromatic nitrogens is 1. The topological polar surface area (TPSA) is 82.8 Å². The molecule has 0 aliphatic carbocycles. The number of carbonyl (C=O) groups is 1. The van der Waals surface area contributed by atoms with Crippen molar-refractivity contribution >= 4 is 35.8 Å². The van der Waals surface area contributed by atoms with Gasteiger partial charge in [-0.25, -0.2) is 9.98 Å². The zero-order valence-corrected chi connectivity index (χ0v) is 20.4. The van der Waals surface area contributed by atoms with Crippen LogP contribution in [0, 0.1) is 13.8 Å². The molecule has 1 fully saturated rings. The van der Waals surface area contributed by atoms with Crippen LogP contribution in [0.3, 0.4) is 0 Å². The first-order valence-electron chi connectivity index (χ1n) is 10.4. The molecule has 7 nitrogen and oxygen atoms in total. The van der Waals surface area contributed by atoms with Crippen LogP contribution in [0.1, 0.15) is 59.5 Å². The lowest BCUT2D eigenvalue weighted by Crippen LogP contribution is -2.37. The summed E-state index contributed by atoms with van der Waals surface area (Å²) in [6.07, 6.45) is 3.40. The maximum atomic E-state index is 12.7. The lowest BCUT2D eigenvalue weighted by atomic mass is 10.1. The molecule has 0 radical (unpaired) electrons. The van der Waals surface area contributed by atoms with Crippen molar-refractivity contribution in [2.24, 2.45) is 4.99 Å². The molecule has 0 saturated carbocycles. The van der Waals surface area contributed by atoms with Crippen molar-refractivity contribution in [2.75, 3.05) is 19.6 Å². The first-order valence-corrected chi connectivity index (χ1v) is 10.4. The van der Waals surface area contributed by atoms with Gasteiger partial charge in [-0.2, -0.15) is 0 Å². The molecule has 2 heterocycles. The predicted molar refractivity (Wildman–Crippen MR) is 129 cm³/mol. The average Bonchev–Trinajstić information content (AvgIpc) is 3.07. The Labute approximate surface area is 195 Å². The number of likely N-dealkylation sites (tertiary alicyclic amines) is 1. The second-order valence-electron chi connectivity index (χ2n) is 7.35. The van der Waals surface area contributed by atoms with E-state index in [1.807, 2.05) is 49.9 Å². The monoisotopic (exact) mass is 525 g/mol. The summed E-state index contributed by atoms with van der Waals surface area (Å²) < 4.78 is 5.61. The van der Waals surface area contributed by atoms with Crippen molar-refractivity contribution in [2.45, 2.75) is 53.1 Å². The number of hydrogen-bond donors (Lipinski definition) is 2. The van der Waals surface area contributed by atoms with Gasteiger partial charge in [0.2, 0.25) is 5.89 Å². The molecule has 3 rings (SSSR count). The highest BCUT2D eigenvalue weighted by atomic mass is 127. The Morgan fingerprint density at radius 3 is 2.63 bits per heavy atom. The van der Waals surface area contributed by atoms with Crippen molar-refractivity contribution in [3.8, 4) is 0 Å². The van der Waals surface area contributed by atoms with Gasteiger partial charge < -0.3 is 20.0 Å². The number of aliphatic imine (C=N–C) groups is 1. The molecule has 30 heavy (non-hydrogen) atoms. The molecular formula is C22H32IN5O2. The number of nitrogens with one attached hydrogen (secondary N) is 2. The van der Waals surface area contributed by atoms with E-state index in [9.17, 15) is 4.79 Å². The SMILES string of the molecule is CCNC(=NCc1cccc(C(=O)N2CCCCC2)c1)NCc1nc(C)c(C)o1.I. The van der Waals surface area contributed by atoms with E-state index >= 15 is 0 Å². The number of piperidine rings is 1. The van der Waals surface area contributed by atoms with Gasteiger partial charge in [0, 0.05) is 25.2 Å². The smallest absolute Gasteiger partial charge is 0.253 e. The summed E-state index contributed by atoms with van der Waals surface area (Å²) in [7, 11) is 0. The fourth-order valence-corrected chi connectivity index (χ4v) is 3.37. The molecule has 0 spiro atoms. The fraction of sp³-hybridized carbons (Fsp3) is 0.500. The van der Waals surface area contributed by atoms with Gasteiger partial charge in [0.05, 0.1) is 18.8 Å². The second-order valence-corrected chi connectivity index (χ2v) is 7.35. The van der Waals surface area contributed by atoms with E-state index in [-0.39, 0.29) is 29.9 Å². The maximum absolute atomic E-state index is 12.7. The Hall–Kier alpha value is -2.10. The van der Waals surface area contributed by atoms with Gasteiger partial charge in [-0.05, 0) is 57.7 Å². The van der Waals surface area contributed by atoms with Crippen molar-refractivity contribution in [3.63, 3.8) is 0 Å². The number of oxazole rings is 1. The molecular weight excluding hydrogens is 493 g/mol. The quantitative estimate of drug-likeness (QED) is 0.341. The van der Waals surface area contributed by atoms with E-state index in [1.165, 1.54) is 6.42 Å². The van der Waals surface area contributed by atoms with Crippen LogP contribution >= 0.6 is 24.0 Å². The van der Waals surface area contributed by atoms with Gasteiger partial charge in [0.25, 0.3) is 5.91 Å². The number of amides is 1. The predicted octanol–water partition coefficient (Wildman–Crippen LogP) is 3.79. The third kappa shape index (κ3) is 6.72. The number of hydrogen-bond acceptors (Lipinski definition) is 4. The molecule has 0 unspecified atom stereocenters. The Morgan fingerprint density at radius 1 is 1.20 bits per heavy atom. The van der Waals surface area contributed by atoms with Gasteiger partial charge in [-0.15, -0.1) is 24.0 Å². The summed E-state index contributed by atoms with van der Waals surface area (Å²) in [5, 5.41) is 6.47. The summed E-state index contributed by atoms with van der Waals surface area (Å²) in [4.78, 5) is 23.7. The van der Waals surface area contributed by atoms with Crippen LogP contribution in [-0.4, -0.2) is 41.4 Å². The van der Waals surface area contributed by atoms with Crippen LogP contribution in [-0.2, 0) is 13.1 Å². The summed E-state index contributed by atoms with van der Waals surface area (Å²) >= 11 is 0. The van der Waals surface area contributed by atoms with E-state index in [0.717, 1.165) is 55.1 Å². The van der Waals surface area contributed by atoms with Gasteiger partial charge in [0.1, 0.15) is 5.76 Å². The van der Waals surface area contributed by atoms with Crippen molar-refractivity contribution in [1.82, 2.24) is 20.5 Å². The normalized spacial score (nSPS) is 14.2. The Balaban J connectivity index is 0.00000320. The van der Waals surface area contributed by atoms with Gasteiger partial charge in [0.15, 0.2) is 5.96 Å². The summed E-state index contributed by atoms with van der Waals surface area (Å²) in [5.41, 5.74) is 2.65. The van der Waals surface area contributed by atoms with Crippen LogP contribution in [0.15, 0.2) is 33.7 Å². The molecule has 2 N–H and O–H groups in total. The number of benzene rings is 1.